The van der Waals surface area contributed by atoms with Gasteiger partial charge in [-0.3, -0.25) is 9.59 Å². The highest BCUT2D eigenvalue weighted by molar-refractivity contribution is 6.42. The monoisotopic (exact) mass is 472 g/mol. The largest absolute Gasteiger partial charge is 0.423 e. The van der Waals surface area contributed by atoms with Crippen LogP contribution < -0.4 is 15.6 Å². The maximum Gasteiger partial charge on any atom is 0.343 e. The molecular formula is C22H18Cl2N4O4. The Bertz CT molecular complexity index is 1140. The quantitative estimate of drug-likeness (QED) is 0.512. The minimum atomic E-state index is -0.626. The summed E-state index contributed by atoms with van der Waals surface area (Å²) in [6, 6.07) is 11.1. The first-order valence-electron chi connectivity index (χ1n) is 9.71. The molecule has 0 aliphatic carbocycles. The molecule has 164 valence electrons. The number of nitrogens with zero attached hydrogens (tertiary/aromatic N) is 2. The van der Waals surface area contributed by atoms with E-state index < -0.39 is 23.7 Å². The Balaban J connectivity index is 1.61. The van der Waals surface area contributed by atoms with E-state index in [1.807, 2.05) is 0 Å². The third-order valence-corrected chi connectivity index (χ3v) is 6.24. The fourth-order valence-corrected chi connectivity index (χ4v) is 4.21. The third-order valence-electron chi connectivity index (χ3n) is 5.50. The fourth-order valence-electron chi connectivity index (χ4n) is 3.91. The maximum absolute atomic E-state index is 12.5. The molecule has 32 heavy (non-hydrogen) atoms. The Hall–Kier alpha value is -3.23. The molecule has 0 saturated heterocycles. The van der Waals surface area contributed by atoms with Gasteiger partial charge in [0.15, 0.2) is 0 Å². The molecule has 2 heterocycles. The van der Waals surface area contributed by atoms with Gasteiger partial charge in [0.05, 0.1) is 27.4 Å². The summed E-state index contributed by atoms with van der Waals surface area (Å²) in [4.78, 5) is 37.4. The second kappa shape index (κ2) is 8.72. The number of hydrogen-bond acceptors (Lipinski definition) is 6. The highest BCUT2D eigenvalue weighted by Gasteiger charge is 2.45. The number of esters is 1. The average molecular weight is 473 g/mol. The van der Waals surface area contributed by atoms with Crippen molar-refractivity contribution in [1.29, 1.82) is 0 Å². The number of amides is 2. The van der Waals surface area contributed by atoms with E-state index in [-0.39, 0.29) is 22.4 Å². The van der Waals surface area contributed by atoms with Crippen molar-refractivity contribution < 1.29 is 19.1 Å². The van der Waals surface area contributed by atoms with Crippen molar-refractivity contribution in [3.8, 4) is 5.75 Å². The summed E-state index contributed by atoms with van der Waals surface area (Å²) in [5.74, 6) is -2.63. The van der Waals surface area contributed by atoms with Gasteiger partial charge in [0, 0.05) is 17.3 Å². The fraction of sp³-hybridized carbons (Fsp3) is 0.227. The van der Waals surface area contributed by atoms with Crippen molar-refractivity contribution in [2.45, 2.75) is 19.8 Å². The number of ether oxygens (including phenoxy) is 1. The van der Waals surface area contributed by atoms with Gasteiger partial charge in [-0.05, 0) is 49.7 Å². The van der Waals surface area contributed by atoms with Gasteiger partial charge in [-0.15, -0.1) is 0 Å². The van der Waals surface area contributed by atoms with E-state index in [1.54, 1.807) is 38.1 Å². The van der Waals surface area contributed by atoms with Gasteiger partial charge >= 0.3 is 5.97 Å². The van der Waals surface area contributed by atoms with Crippen LogP contribution in [0.15, 0.2) is 52.7 Å². The lowest BCUT2D eigenvalue weighted by Gasteiger charge is -2.27. The first-order chi connectivity index (χ1) is 15.3. The van der Waals surface area contributed by atoms with E-state index in [0.29, 0.717) is 27.8 Å². The smallest absolute Gasteiger partial charge is 0.343 e. The van der Waals surface area contributed by atoms with Crippen LogP contribution in [0.25, 0.3) is 0 Å². The Labute approximate surface area is 193 Å². The standard InChI is InChI=1S/C22H18Cl2N4O4/c1-10-17(20(29)27-25-10)19(18-11(2)26-28-21(18)30)12-3-6-14(7-4-12)32-22(31)13-5-8-15(23)16(24)9-13/h3-9,17-19H,1-2H3,(H,27,29)(H,28,30). The number of nitrogens with one attached hydrogen (secondary N) is 2. The summed E-state index contributed by atoms with van der Waals surface area (Å²) >= 11 is 11.8. The van der Waals surface area contributed by atoms with Gasteiger partial charge in [0.2, 0.25) is 11.8 Å². The van der Waals surface area contributed by atoms with E-state index in [9.17, 15) is 14.4 Å². The molecule has 0 saturated carbocycles. The lowest BCUT2D eigenvalue weighted by atomic mass is 9.73. The second-order valence-electron chi connectivity index (χ2n) is 7.53. The van der Waals surface area contributed by atoms with Gasteiger partial charge < -0.3 is 4.74 Å². The van der Waals surface area contributed by atoms with Crippen LogP contribution in [0.1, 0.15) is 35.7 Å². The topological polar surface area (TPSA) is 109 Å². The summed E-state index contributed by atoms with van der Waals surface area (Å²) in [6.45, 7) is 3.48. The number of halogens is 2. The van der Waals surface area contributed by atoms with Crippen molar-refractivity contribution in [2.75, 3.05) is 0 Å². The molecule has 0 aromatic heterocycles. The predicted molar refractivity (Wildman–Crippen MR) is 120 cm³/mol. The zero-order valence-electron chi connectivity index (χ0n) is 17.1. The van der Waals surface area contributed by atoms with Crippen molar-refractivity contribution in [3.05, 3.63) is 63.6 Å². The van der Waals surface area contributed by atoms with E-state index >= 15 is 0 Å². The number of benzene rings is 2. The van der Waals surface area contributed by atoms with Crippen molar-refractivity contribution in [1.82, 2.24) is 10.9 Å². The number of hydrogen-bond donors (Lipinski definition) is 2. The van der Waals surface area contributed by atoms with Gasteiger partial charge in [0.25, 0.3) is 0 Å². The first-order valence-corrected chi connectivity index (χ1v) is 10.5. The van der Waals surface area contributed by atoms with Crippen LogP contribution in [0.3, 0.4) is 0 Å². The molecule has 2 N–H and O–H groups in total. The predicted octanol–water partition coefficient (Wildman–Crippen LogP) is 3.54. The number of hydrazone groups is 2. The summed E-state index contributed by atoms with van der Waals surface area (Å²) < 4.78 is 5.42. The van der Waals surface area contributed by atoms with E-state index in [2.05, 4.69) is 21.1 Å². The molecule has 4 rings (SSSR count). The second-order valence-corrected chi connectivity index (χ2v) is 8.34. The van der Waals surface area contributed by atoms with Crippen LogP contribution in [0.4, 0.5) is 0 Å². The van der Waals surface area contributed by atoms with Crippen LogP contribution in [-0.2, 0) is 9.59 Å². The normalized spacial score (nSPS) is 20.9. The molecule has 10 heteroatoms. The number of rotatable bonds is 5. The minimum Gasteiger partial charge on any atom is -0.423 e. The molecule has 2 unspecified atom stereocenters. The summed E-state index contributed by atoms with van der Waals surface area (Å²) in [5.41, 5.74) is 7.09. The van der Waals surface area contributed by atoms with Crippen LogP contribution in [0.2, 0.25) is 10.0 Å². The molecule has 8 nitrogen and oxygen atoms in total. The molecular weight excluding hydrogens is 455 g/mol. The third kappa shape index (κ3) is 4.11. The Morgan fingerprint density at radius 2 is 1.47 bits per heavy atom. The zero-order valence-corrected chi connectivity index (χ0v) is 18.6. The van der Waals surface area contributed by atoms with Crippen LogP contribution in [0.5, 0.6) is 5.75 Å². The van der Waals surface area contributed by atoms with E-state index in [1.165, 1.54) is 18.2 Å². The molecule has 2 aliphatic heterocycles. The molecule has 2 atom stereocenters. The van der Waals surface area contributed by atoms with Crippen molar-refractivity contribution >= 4 is 52.4 Å². The van der Waals surface area contributed by atoms with Crippen LogP contribution >= 0.6 is 23.2 Å². The lowest BCUT2D eigenvalue weighted by molar-refractivity contribution is -0.125. The van der Waals surface area contributed by atoms with Crippen molar-refractivity contribution in [2.24, 2.45) is 22.0 Å². The summed E-state index contributed by atoms with van der Waals surface area (Å²) in [5, 5.41) is 8.64. The molecule has 2 aliphatic rings. The lowest BCUT2D eigenvalue weighted by Crippen LogP contribution is -2.38. The average Bonchev–Trinajstić information content (AvgIpc) is 3.27. The molecule has 0 spiro atoms. The minimum absolute atomic E-state index is 0.248. The van der Waals surface area contributed by atoms with E-state index in [4.69, 9.17) is 27.9 Å². The van der Waals surface area contributed by atoms with Gasteiger partial charge in [0.1, 0.15) is 5.75 Å². The van der Waals surface area contributed by atoms with Gasteiger partial charge in [-0.25, -0.2) is 15.6 Å². The maximum atomic E-state index is 12.5. The molecule has 0 fully saturated rings. The van der Waals surface area contributed by atoms with Crippen LogP contribution in [-0.4, -0.2) is 29.2 Å². The Morgan fingerprint density at radius 1 is 0.906 bits per heavy atom. The van der Waals surface area contributed by atoms with Crippen LogP contribution in [0, 0.1) is 11.8 Å². The molecule has 0 bridgehead atoms. The summed E-state index contributed by atoms with van der Waals surface area (Å²) in [6.07, 6.45) is 0. The van der Waals surface area contributed by atoms with Gasteiger partial charge in [-0.2, -0.15) is 10.2 Å². The summed E-state index contributed by atoms with van der Waals surface area (Å²) in [7, 11) is 0. The number of carbonyl (C=O) groups excluding carboxylic acids is 3. The van der Waals surface area contributed by atoms with E-state index in [0.717, 1.165) is 0 Å². The van der Waals surface area contributed by atoms with Crippen molar-refractivity contribution in [3.63, 3.8) is 0 Å². The highest BCUT2D eigenvalue weighted by atomic mass is 35.5. The Kier molecular flexibility index (Phi) is 5.99. The first kappa shape index (κ1) is 22.0. The number of carbonyl (C=O) groups is 3. The molecule has 2 aromatic carbocycles. The zero-order chi connectivity index (χ0) is 23.0. The molecule has 0 radical (unpaired) electrons. The molecule has 2 aromatic rings. The van der Waals surface area contributed by atoms with Gasteiger partial charge in [-0.1, -0.05) is 35.3 Å². The Morgan fingerprint density at radius 3 is 1.94 bits per heavy atom. The highest BCUT2D eigenvalue weighted by Crippen LogP contribution is 2.38. The SMILES string of the molecule is CC1=NNC(=O)C1C(c1ccc(OC(=O)c2ccc(Cl)c(Cl)c2)cc1)C1C(=O)NN=C1C. The molecule has 2 amide bonds.